The Hall–Kier alpha value is -1.03. The third-order valence-corrected chi connectivity index (χ3v) is 4.45. The number of hydrogen-bond donors (Lipinski definition) is 0. The molecule has 4 nitrogen and oxygen atoms in total. The highest BCUT2D eigenvalue weighted by atomic mass is 35.5. The number of fused-ring (bicyclic) bond motifs is 1. The Labute approximate surface area is 112 Å². The van der Waals surface area contributed by atoms with E-state index in [2.05, 4.69) is 21.6 Å². The predicted molar refractivity (Wildman–Crippen MR) is 72.9 cm³/mol. The second kappa shape index (κ2) is 3.98. The van der Waals surface area contributed by atoms with E-state index in [1.807, 2.05) is 18.7 Å². The molecule has 0 aliphatic heterocycles. The zero-order valence-corrected chi connectivity index (χ0v) is 12.0. The van der Waals surface area contributed by atoms with Crippen LogP contribution in [0.5, 0.6) is 0 Å². The van der Waals surface area contributed by atoms with E-state index < -0.39 is 0 Å². The maximum absolute atomic E-state index is 6.09. The molecule has 2 aromatic rings. The molecule has 2 heterocycles. The van der Waals surface area contributed by atoms with Gasteiger partial charge in [-0.2, -0.15) is 5.10 Å². The lowest BCUT2D eigenvalue weighted by molar-refractivity contribution is 0.326. The van der Waals surface area contributed by atoms with Crippen molar-refractivity contribution in [3.05, 3.63) is 11.5 Å². The van der Waals surface area contributed by atoms with Crippen LogP contribution in [0.4, 0.5) is 0 Å². The van der Waals surface area contributed by atoms with E-state index in [4.69, 9.17) is 11.6 Å². The Morgan fingerprint density at radius 2 is 2.00 bits per heavy atom. The van der Waals surface area contributed by atoms with Crippen molar-refractivity contribution < 1.29 is 0 Å². The van der Waals surface area contributed by atoms with Crippen LogP contribution in [0.2, 0.25) is 0 Å². The highest BCUT2D eigenvalue weighted by Crippen LogP contribution is 2.39. The standard InChI is InChI=1S/C13H19ClN4/c1-9-11-12(17(3)16-9)18(10(8-14)15-11)13(2)6-4-5-7-13/h4-8H2,1-3H3. The van der Waals surface area contributed by atoms with Gasteiger partial charge in [-0.1, -0.05) is 12.8 Å². The minimum atomic E-state index is 0.152. The summed E-state index contributed by atoms with van der Waals surface area (Å²) in [5.41, 5.74) is 3.26. The van der Waals surface area contributed by atoms with Gasteiger partial charge in [0, 0.05) is 12.6 Å². The second-order valence-electron chi connectivity index (χ2n) is 5.58. The van der Waals surface area contributed by atoms with Crippen molar-refractivity contribution in [1.29, 1.82) is 0 Å². The average Bonchev–Trinajstić information content (AvgIpc) is 2.97. The third kappa shape index (κ3) is 1.51. The number of alkyl halides is 1. The molecular weight excluding hydrogens is 248 g/mol. The summed E-state index contributed by atoms with van der Waals surface area (Å²) in [4.78, 5) is 4.69. The van der Waals surface area contributed by atoms with Crippen molar-refractivity contribution in [2.45, 2.75) is 50.9 Å². The van der Waals surface area contributed by atoms with Gasteiger partial charge in [-0.05, 0) is 26.7 Å². The van der Waals surface area contributed by atoms with Crippen LogP contribution in [-0.4, -0.2) is 19.3 Å². The van der Waals surface area contributed by atoms with Gasteiger partial charge in [0.15, 0.2) is 5.65 Å². The normalized spacial score (nSPS) is 18.9. The molecule has 0 saturated heterocycles. The van der Waals surface area contributed by atoms with Gasteiger partial charge in [-0.15, -0.1) is 11.6 Å². The van der Waals surface area contributed by atoms with E-state index in [1.54, 1.807) is 0 Å². The Morgan fingerprint density at radius 1 is 1.33 bits per heavy atom. The van der Waals surface area contributed by atoms with Crippen molar-refractivity contribution in [3.63, 3.8) is 0 Å². The Kier molecular flexibility index (Phi) is 2.66. The quantitative estimate of drug-likeness (QED) is 0.783. The fraction of sp³-hybridized carbons (Fsp3) is 0.692. The smallest absolute Gasteiger partial charge is 0.159 e. The topological polar surface area (TPSA) is 35.6 Å². The van der Waals surface area contributed by atoms with Gasteiger partial charge in [-0.3, -0.25) is 4.68 Å². The largest absolute Gasteiger partial charge is 0.306 e. The lowest BCUT2D eigenvalue weighted by atomic mass is 10.00. The maximum Gasteiger partial charge on any atom is 0.159 e. The highest BCUT2D eigenvalue weighted by molar-refractivity contribution is 6.16. The molecule has 3 rings (SSSR count). The van der Waals surface area contributed by atoms with E-state index in [1.165, 1.54) is 25.7 Å². The van der Waals surface area contributed by atoms with E-state index in [9.17, 15) is 0 Å². The first-order valence-electron chi connectivity index (χ1n) is 6.54. The maximum atomic E-state index is 6.09. The first kappa shape index (κ1) is 12.0. The average molecular weight is 267 g/mol. The van der Waals surface area contributed by atoms with Gasteiger partial charge in [0.1, 0.15) is 11.3 Å². The molecule has 0 N–H and O–H groups in total. The highest BCUT2D eigenvalue weighted by Gasteiger charge is 2.35. The number of rotatable bonds is 2. The zero-order chi connectivity index (χ0) is 12.9. The number of nitrogens with zero attached hydrogens (tertiary/aromatic N) is 4. The number of aryl methyl sites for hydroxylation is 2. The van der Waals surface area contributed by atoms with Crippen molar-refractivity contribution in [2.24, 2.45) is 7.05 Å². The predicted octanol–water partition coefficient (Wildman–Crippen LogP) is 3.11. The van der Waals surface area contributed by atoms with Crippen LogP contribution < -0.4 is 0 Å². The third-order valence-electron chi connectivity index (χ3n) is 4.21. The summed E-state index contributed by atoms with van der Waals surface area (Å²) in [6.45, 7) is 4.33. The molecule has 1 aliphatic rings. The van der Waals surface area contributed by atoms with Crippen LogP contribution in [-0.2, 0) is 18.5 Å². The molecule has 1 saturated carbocycles. The molecule has 2 aromatic heterocycles. The minimum Gasteiger partial charge on any atom is -0.306 e. The summed E-state index contributed by atoms with van der Waals surface area (Å²) in [7, 11) is 1.99. The zero-order valence-electron chi connectivity index (χ0n) is 11.2. The van der Waals surface area contributed by atoms with Gasteiger partial charge in [-0.25, -0.2) is 4.98 Å². The molecule has 1 fully saturated rings. The van der Waals surface area contributed by atoms with E-state index in [-0.39, 0.29) is 5.54 Å². The number of hydrogen-bond acceptors (Lipinski definition) is 2. The van der Waals surface area contributed by atoms with Crippen molar-refractivity contribution in [1.82, 2.24) is 19.3 Å². The van der Waals surface area contributed by atoms with Gasteiger partial charge in [0.05, 0.1) is 11.6 Å². The van der Waals surface area contributed by atoms with Crippen LogP contribution in [0, 0.1) is 6.92 Å². The van der Waals surface area contributed by atoms with Crippen LogP contribution in [0.25, 0.3) is 11.2 Å². The van der Waals surface area contributed by atoms with Gasteiger partial charge in [0.25, 0.3) is 0 Å². The van der Waals surface area contributed by atoms with Gasteiger partial charge >= 0.3 is 0 Å². The van der Waals surface area contributed by atoms with Gasteiger partial charge < -0.3 is 4.57 Å². The minimum absolute atomic E-state index is 0.152. The van der Waals surface area contributed by atoms with Crippen molar-refractivity contribution in [2.75, 3.05) is 0 Å². The lowest BCUT2D eigenvalue weighted by Crippen LogP contribution is -2.28. The molecule has 0 bridgehead atoms. The monoisotopic (exact) mass is 266 g/mol. The summed E-state index contributed by atoms with van der Waals surface area (Å²) in [6.07, 6.45) is 4.97. The Morgan fingerprint density at radius 3 is 2.61 bits per heavy atom. The number of imidazole rings is 1. The van der Waals surface area contributed by atoms with Crippen LogP contribution in [0.15, 0.2) is 0 Å². The molecule has 98 valence electrons. The fourth-order valence-electron chi connectivity index (χ4n) is 3.33. The SMILES string of the molecule is Cc1nn(C)c2c1nc(CCl)n2C1(C)CCCC1. The first-order valence-corrected chi connectivity index (χ1v) is 7.07. The summed E-state index contributed by atoms with van der Waals surface area (Å²) in [5.74, 6) is 1.44. The number of aromatic nitrogens is 4. The lowest BCUT2D eigenvalue weighted by Gasteiger charge is -2.28. The van der Waals surface area contributed by atoms with E-state index in [0.29, 0.717) is 5.88 Å². The molecule has 18 heavy (non-hydrogen) atoms. The van der Waals surface area contributed by atoms with Crippen LogP contribution >= 0.6 is 11.6 Å². The van der Waals surface area contributed by atoms with E-state index in [0.717, 1.165) is 22.7 Å². The molecule has 1 aliphatic carbocycles. The second-order valence-corrected chi connectivity index (χ2v) is 5.85. The molecule has 0 radical (unpaired) electrons. The summed E-state index contributed by atoms with van der Waals surface area (Å²) in [6, 6.07) is 0. The van der Waals surface area contributed by atoms with Crippen molar-refractivity contribution in [3.8, 4) is 0 Å². The Balaban J connectivity index is 2.31. The van der Waals surface area contributed by atoms with Crippen LogP contribution in [0.3, 0.4) is 0 Å². The molecule has 0 atom stereocenters. The summed E-state index contributed by atoms with van der Waals surface area (Å²) in [5, 5.41) is 4.48. The first-order chi connectivity index (χ1) is 8.57. The van der Waals surface area contributed by atoms with Crippen molar-refractivity contribution >= 4 is 22.8 Å². The summed E-state index contributed by atoms with van der Waals surface area (Å²) < 4.78 is 4.28. The molecule has 0 aromatic carbocycles. The molecular formula is C13H19ClN4. The Bertz CT molecular complexity index is 590. The van der Waals surface area contributed by atoms with Gasteiger partial charge in [0.2, 0.25) is 0 Å². The molecule has 0 unspecified atom stereocenters. The fourth-order valence-corrected chi connectivity index (χ4v) is 3.51. The number of halogens is 1. The summed E-state index contributed by atoms with van der Waals surface area (Å²) >= 11 is 6.09. The van der Waals surface area contributed by atoms with Crippen LogP contribution in [0.1, 0.15) is 44.1 Å². The molecule has 0 amide bonds. The molecule has 5 heteroatoms. The molecule has 0 spiro atoms. The van der Waals surface area contributed by atoms with E-state index >= 15 is 0 Å².